The molecular formula is C28H46O4. The fourth-order valence-electron chi connectivity index (χ4n) is 4.31. The smallest absolute Gasteiger partial charge is 0.303 e. The fraction of sp³-hybridized carbons (Fsp3) is 0.714. The van der Waals surface area contributed by atoms with Gasteiger partial charge in [-0.1, -0.05) is 82.9 Å². The molecular weight excluding hydrogens is 400 g/mol. The van der Waals surface area contributed by atoms with Gasteiger partial charge in [-0.05, 0) is 68.1 Å². The molecule has 0 aliphatic carbocycles. The van der Waals surface area contributed by atoms with Crippen LogP contribution in [-0.2, 0) is 28.9 Å². The van der Waals surface area contributed by atoms with Gasteiger partial charge in [0.1, 0.15) is 0 Å². The Bertz CT molecular complexity index is 638. The van der Waals surface area contributed by atoms with E-state index in [0.29, 0.717) is 0 Å². The van der Waals surface area contributed by atoms with Crippen molar-refractivity contribution in [2.75, 3.05) is 0 Å². The zero-order valence-electron chi connectivity index (χ0n) is 20.4. The van der Waals surface area contributed by atoms with Crippen molar-refractivity contribution in [2.45, 2.75) is 129 Å². The van der Waals surface area contributed by atoms with E-state index in [1.807, 2.05) is 0 Å². The maximum Gasteiger partial charge on any atom is 0.303 e. The van der Waals surface area contributed by atoms with Crippen LogP contribution in [0.25, 0.3) is 0 Å². The number of aliphatic carboxylic acids is 2. The standard InChI is InChI=1S/C28H46O4/c1-2-3-4-5-6-7-8-11-16-24-21-22-25(17-12-9-14-19-27(29)30)26(23-24)18-13-10-15-20-28(31)32/h21-23H,2-20H2,1H3,(H,29,30)(H,31,32). The predicted molar refractivity (Wildman–Crippen MR) is 132 cm³/mol. The third-order valence-corrected chi connectivity index (χ3v) is 6.26. The first kappa shape index (κ1) is 28.2. The number of carboxylic acid groups (broad SMARTS) is 2. The molecule has 4 heteroatoms. The lowest BCUT2D eigenvalue weighted by Crippen LogP contribution is -2.00. The van der Waals surface area contributed by atoms with Crippen LogP contribution >= 0.6 is 0 Å². The van der Waals surface area contributed by atoms with Crippen LogP contribution in [0.15, 0.2) is 18.2 Å². The van der Waals surface area contributed by atoms with Gasteiger partial charge in [-0.15, -0.1) is 0 Å². The molecule has 1 aromatic rings. The van der Waals surface area contributed by atoms with E-state index in [-0.39, 0.29) is 12.8 Å². The first-order valence-corrected chi connectivity index (χ1v) is 13.1. The van der Waals surface area contributed by atoms with E-state index in [1.165, 1.54) is 68.1 Å². The summed E-state index contributed by atoms with van der Waals surface area (Å²) in [7, 11) is 0. The van der Waals surface area contributed by atoms with E-state index < -0.39 is 11.9 Å². The molecule has 1 rings (SSSR count). The Labute approximate surface area is 195 Å². The summed E-state index contributed by atoms with van der Waals surface area (Å²) in [5, 5.41) is 17.6. The van der Waals surface area contributed by atoms with Crippen molar-refractivity contribution < 1.29 is 19.8 Å². The van der Waals surface area contributed by atoms with E-state index in [1.54, 1.807) is 0 Å². The number of hydrogen-bond donors (Lipinski definition) is 2. The van der Waals surface area contributed by atoms with E-state index in [0.717, 1.165) is 57.8 Å². The van der Waals surface area contributed by atoms with Crippen LogP contribution in [0.5, 0.6) is 0 Å². The molecule has 0 unspecified atom stereocenters. The lowest BCUT2D eigenvalue weighted by atomic mass is 9.93. The predicted octanol–water partition coefficient (Wildman–Crippen LogP) is 7.74. The van der Waals surface area contributed by atoms with Crippen molar-refractivity contribution in [3.05, 3.63) is 34.9 Å². The summed E-state index contributed by atoms with van der Waals surface area (Å²) in [5.74, 6) is -1.42. The minimum Gasteiger partial charge on any atom is -0.481 e. The maximum absolute atomic E-state index is 10.7. The Morgan fingerprint density at radius 3 is 1.62 bits per heavy atom. The number of rotatable bonds is 21. The largest absolute Gasteiger partial charge is 0.481 e. The molecule has 0 bridgehead atoms. The molecule has 182 valence electrons. The Kier molecular flexibility index (Phi) is 16.5. The zero-order chi connectivity index (χ0) is 23.4. The number of benzene rings is 1. The van der Waals surface area contributed by atoms with Gasteiger partial charge in [-0.2, -0.15) is 0 Å². The van der Waals surface area contributed by atoms with Crippen molar-refractivity contribution in [2.24, 2.45) is 0 Å². The monoisotopic (exact) mass is 446 g/mol. The minimum absolute atomic E-state index is 0.258. The Morgan fingerprint density at radius 2 is 1.06 bits per heavy atom. The van der Waals surface area contributed by atoms with Crippen LogP contribution in [0.1, 0.15) is 126 Å². The zero-order valence-corrected chi connectivity index (χ0v) is 20.4. The average Bonchev–Trinajstić information content (AvgIpc) is 2.75. The number of hydrogen-bond acceptors (Lipinski definition) is 2. The van der Waals surface area contributed by atoms with Gasteiger partial charge in [0.15, 0.2) is 0 Å². The summed E-state index contributed by atoms with van der Waals surface area (Å²) in [6.07, 6.45) is 19.8. The first-order chi connectivity index (χ1) is 15.5. The highest BCUT2D eigenvalue weighted by Gasteiger charge is 2.07. The molecule has 0 fully saturated rings. The van der Waals surface area contributed by atoms with Crippen LogP contribution in [0.2, 0.25) is 0 Å². The minimum atomic E-state index is -0.711. The molecule has 0 saturated heterocycles. The summed E-state index contributed by atoms with van der Waals surface area (Å²) < 4.78 is 0. The molecule has 32 heavy (non-hydrogen) atoms. The molecule has 0 heterocycles. The van der Waals surface area contributed by atoms with Gasteiger partial charge in [0.25, 0.3) is 0 Å². The summed E-state index contributed by atoms with van der Waals surface area (Å²) in [6.45, 7) is 2.26. The second kappa shape index (κ2) is 18.7. The summed E-state index contributed by atoms with van der Waals surface area (Å²) in [5.41, 5.74) is 4.22. The van der Waals surface area contributed by atoms with E-state index in [2.05, 4.69) is 25.1 Å². The normalized spacial score (nSPS) is 11.0. The van der Waals surface area contributed by atoms with Crippen molar-refractivity contribution >= 4 is 11.9 Å². The number of aryl methyl sites for hydroxylation is 3. The molecule has 2 N–H and O–H groups in total. The Balaban J connectivity index is 2.48. The van der Waals surface area contributed by atoms with Crippen molar-refractivity contribution in [3.8, 4) is 0 Å². The Morgan fingerprint density at radius 1 is 0.594 bits per heavy atom. The third kappa shape index (κ3) is 15.0. The SMILES string of the molecule is CCCCCCCCCCc1ccc(CCCCCC(=O)O)c(CCCCCC(=O)O)c1. The van der Waals surface area contributed by atoms with E-state index >= 15 is 0 Å². The van der Waals surface area contributed by atoms with Crippen LogP contribution < -0.4 is 0 Å². The third-order valence-electron chi connectivity index (χ3n) is 6.26. The summed E-state index contributed by atoms with van der Waals surface area (Å²) in [6, 6.07) is 6.94. The second-order valence-electron chi connectivity index (χ2n) is 9.24. The molecule has 0 spiro atoms. The number of unbranched alkanes of at least 4 members (excludes halogenated alkanes) is 11. The maximum atomic E-state index is 10.7. The Hall–Kier alpha value is -1.84. The quantitative estimate of drug-likeness (QED) is 0.189. The number of carbonyl (C=O) groups is 2. The van der Waals surface area contributed by atoms with Crippen molar-refractivity contribution in [1.29, 1.82) is 0 Å². The molecule has 0 aromatic heterocycles. The molecule has 0 atom stereocenters. The highest BCUT2D eigenvalue weighted by atomic mass is 16.4. The summed E-state index contributed by atoms with van der Waals surface area (Å²) in [4.78, 5) is 21.4. The van der Waals surface area contributed by atoms with Gasteiger partial charge >= 0.3 is 11.9 Å². The summed E-state index contributed by atoms with van der Waals surface area (Å²) >= 11 is 0. The second-order valence-corrected chi connectivity index (χ2v) is 9.24. The van der Waals surface area contributed by atoms with Gasteiger partial charge in [0.05, 0.1) is 0 Å². The molecule has 0 aliphatic heterocycles. The molecule has 0 saturated carbocycles. The molecule has 0 amide bonds. The topological polar surface area (TPSA) is 74.6 Å². The average molecular weight is 447 g/mol. The van der Waals surface area contributed by atoms with Gasteiger partial charge in [-0.25, -0.2) is 0 Å². The van der Waals surface area contributed by atoms with Crippen LogP contribution in [0.4, 0.5) is 0 Å². The molecule has 1 aromatic carbocycles. The highest BCUT2D eigenvalue weighted by molar-refractivity contribution is 5.66. The molecule has 0 radical (unpaired) electrons. The van der Waals surface area contributed by atoms with Crippen molar-refractivity contribution in [3.63, 3.8) is 0 Å². The first-order valence-electron chi connectivity index (χ1n) is 13.1. The molecule has 4 nitrogen and oxygen atoms in total. The number of carboxylic acids is 2. The van der Waals surface area contributed by atoms with E-state index in [9.17, 15) is 9.59 Å². The van der Waals surface area contributed by atoms with Crippen LogP contribution in [0, 0.1) is 0 Å². The molecule has 0 aliphatic rings. The lowest BCUT2D eigenvalue weighted by Gasteiger charge is -2.13. The fourth-order valence-corrected chi connectivity index (χ4v) is 4.31. The van der Waals surface area contributed by atoms with Crippen LogP contribution in [-0.4, -0.2) is 22.2 Å². The lowest BCUT2D eigenvalue weighted by molar-refractivity contribution is -0.138. The van der Waals surface area contributed by atoms with Crippen LogP contribution in [0.3, 0.4) is 0 Å². The highest BCUT2D eigenvalue weighted by Crippen LogP contribution is 2.20. The van der Waals surface area contributed by atoms with Gasteiger partial charge in [0, 0.05) is 12.8 Å². The van der Waals surface area contributed by atoms with E-state index in [4.69, 9.17) is 10.2 Å². The van der Waals surface area contributed by atoms with Crippen molar-refractivity contribution in [1.82, 2.24) is 0 Å². The van der Waals surface area contributed by atoms with Gasteiger partial charge in [0.2, 0.25) is 0 Å². The van der Waals surface area contributed by atoms with Gasteiger partial charge in [-0.3, -0.25) is 9.59 Å². The van der Waals surface area contributed by atoms with Gasteiger partial charge < -0.3 is 10.2 Å².